The minimum atomic E-state index is -0.399. The van der Waals surface area contributed by atoms with Crippen LogP contribution in [0.15, 0.2) is 53.9 Å². The summed E-state index contributed by atoms with van der Waals surface area (Å²) in [6.45, 7) is 6.44. The average molecular weight is 477 g/mol. The second-order valence-electron chi connectivity index (χ2n) is 9.41. The Labute approximate surface area is 205 Å². The maximum atomic E-state index is 12.9. The fourth-order valence-corrected chi connectivity index (χ4v) is 4.49. The van der Waals surface area contributed by atoms with Crippen LogP contribution in [0.4, 0.5) is 17.2 Å². The predicted molar refractivity (Wildman–Crippen MR) is 137 cm³/mol. The second-order valence-corrected chi connectivity index (χ2v) is 9.41. The Morgan fingerprint density at radius 3 is 2.57 bits per heavy atom. The zero-order valence-electron chi connectivity index (χ0n) is 20.4. The van der Waals surface area contributed by atoms with E-state index >= 15 is 0 Å². The van der Waals surface area contributed by atoms with Gasteiger partial charge in [-0.3, -0.25) is 15.0 Å². The lowest BCUT2D eigenvalue weighted by molar-refractivity contribution is -0.639. The highest BCUT2D eigenvalue weighted by Gasteiger charge is 2.29. The van der Waals surface area contributed by atoms with Gasteiger partial charge in [0.1, 0.15) is 17.2 Å². The molecule has 0 saturated carbocycles. The number of nitrogens with two attached hydrogens (primary N) is 2. The highest BCUT2D eigenvalue weighted by molar-refractivity contribution is 6.44. The number of hydrogen-bond donors (Lipinski definition) is 4. The Morgan fingerprint density at radius 1 is 1.17 bits per heavy atom. The smallest absolute Gasteiger partial charge is 0.270 e. The molecule has 9 nitrogen and oxygen atoms in total. The number of aromatic nitrogens is 1. The van der Waals surface area contributed by atoms with Crippen LogP contribution >= 0.6 is 0 Å². The van der Waals surface area contributed by atoms with E-state index in [1.54, 1.807) is 23.2 Å². The van der Waals surface area contributed by atoms with Crippen LogP contribution in [0.3, 0.4) is 0 Å². The second kappa shape index (κ2) is 10.7. The van der Waals surface area contributed by atoms with Crippen molar-refractivity contribution in [3.63, 3.8) is 0 Å². The van der Waals surface area contributed by atoms with Gasteiger partial charge in [-0.2, -0.15) is 0 Å². The van der Waals surface area contributed by atoms with Crippen molar-refractivity contribution in [2.45, 2.75) is 45.7 Å². The molecule has 1 aromatic carbocycles. The van der Waals surface area contributed by atoms with Gasteiger partial charge in [-0.1, -0.05) is 12.1 Å². The first-order valence-electron chi connectivity index (χ1n) is 12.1. The van der Waals surface area contributed by atoms with Crippen molar-refractivity contribution < 1.29 is 14.9 Å². The number of benzene rings is 1. The highest BCUT2D eigenvalue weighted by atomic mass is 16.2. The minimum Gasteiger partial charge on any atom is -0.399 e. The van der Waals surface area contributed by atoms with E-state index in [-0.39, 0.29) is 11.6 Å². The quantitative estimate of drug-likeness (QED) is 0.339. The van der Waals surface area contributed by atoms with E-state index < -0.39 is 5.91 Å². The molecule has 4 rings (SSSR count). The van der Waals surface area contributed by atoms with Crippen LogP contribution < -0.4 is 26.2 Å². The zero-order chi connectivity index (χ0) is 24.9. The fourth-order valence-electron chi connectivity index (χ4n) is 4.49. The van der Waals surface area contributed by atoms with Gasteiger partial charge in [0.15, 0.2) is 0 Å². The molecule has 1 saturated heterocycles. The molecule has 6 N–H and O–H groups in total. The van der Waals surface area contributed by atoms with Gasteiger partial charge >= 0.3 is 0 Å². The summed E-state index contributed by atoms with van der Waals surface area (Å²) in [6, 6.07) is 11.5. The van der Waals surface area contributed by atoms with Crippen LogP contribution in [-0.4, -0.2) is 48.2 Å². The number of carbonyl (C=O) groups is 2. The van der Waals surface area contributed by atoms with Gasteiger partial charge in [-0.25, -0.2) is 4.98 Å². The number of rotatable bonds is 8. The number of nitrogen functional groups attached to an aromatic ring is 1. The molecule has 35 heavy (non-hydrogen) atoms. The van der Waals surface area contributed by atoms with Gasteiger partial charge in [0.05, 0.1) is 30.0 Å². The molecule has 0 unspecified atom stereocenters. The third-order valence-electron chi connectivity index (χ3n) is 6.33. The van der Waals surface area contributed by atoms with Crippen LogP contribution in [-0.2, 0) is 16.1 Å². The molecule has 184 valence electrons. The SMILES string of the molecule is CC(C)[NH2+]C1=C(C(=N)C(=O)NCc2ccc(N)cc2)CN(c2ccc(N3CCCC3=O)cn2)CC1. The minimum absolute atomic E-state index is 0.0173. The third-order valence-corrected chi connectivity index (χ3v) is 6.33. The lowest BCUT2D eigenvalue weighted by atomic mass is 9.99. The normalized spacial score (nSPS) is 16.3. The Kier molecular flexibility index (Phi) is 7.45. The molecule has 0 aliphatic carbocycles. The number of nitrogens with zero attached hydrogens (tertiary/aromatic N) is 3. The van der Waals surface area contributed by atoms with Gasteiger partial charge in [0.25, 0.3) is 5.91 Å². The van der Waals surface area contributed by atoms with Crippen molar-refractivity contribution in [1.29, 1.82) is 5.41 Å². The third kappa shape index (κ3) is 5.86. The van der Waals surface area contributed by atoms with Crippen LogP contribution in [0, 0.1) is 5.41 Å². The molecule has 0 radical (unpaired) electrons. The van der Waals surface area contributed by atoms with Gasteiger partial charge in [-0.05, 0) is 50.1 Å². The van der Waals surface area contributed by atoms with E-state index in [4.69, 9.17) is 11.1 Å². The highest BCUT2D eigenvalue weighted by Crippen LogP contribution is 2.25. The van der Waals surface area contributed by atoms with Crippen molar-refractivity contribution in [3.8, 4) is 0 Å². The summed E-state index contributed by atoms with van der Waals surface area (Å²) in [4.78, 5) is 33.4. The summed E-state index contributed by atoms with van der Waals surface area (Å²) < 4.78 is 0. The monoisotopic (exact) mass is 476 g/mol. The first-order valence-corrected chi connectivity index (χ1v) is 12.1. The molecule has 1 aromatic heterocycles. The predicted octanol–water partition coefficient (Wildman–Crippen LogP) is 1.56. The van der Waals surface area contributed by atoms with Gasteiger partial charge < -0.3 is 26.2 Å². The molecule has 0 atom stereocenters. The first-order chi connectivity index (χ1) is 16.8. The average Bonchev–Trinajstić information content (AvgIpc) is 3.29. The molecule has 2 aromatic rings. The zero-order valence-corrected chi connectivity index (χ0v) is 20.4. The van der Waals surface area contributed by atoms with Crippen LogP contribution in [0.25, 0.3) is 0 Å². The molecule has 2 amide bonds. The first kappa shape index (κ1) is 24.4. The van der Waals surface area contributed by atoms with Crippen LogP contribution in [0.2, 0.25) is 0 Å². The van der Waals surface area contributed by atoms with Crippen LogP contribution in [0.5, 0.6) is 0 Å². The molecule has 3 heterocycles. The van der Waals surface area contributed by atoms with Crippen molar-refractivity contribution >= 4 is 34.7 Å². The number of pyridine rings is 1. The maximum absolute atomic E-state index is 12.9. The Hall–Kier alpha value is -3.72. The number of nitrogens with one attached hydrogen (secondary N) is 2. The van der Waals surface area contributed by atoms with Crippen molar-refractivity contribution in [3.05, 3.63) is 59.4 Å². The summed E-state index contributed by atoms with van der Waals surface area (Å²) in [7, 11) is 0. The molecule has 0 bridgehead atoms. The summed E-state index contributed by atoms with van der Waals surface area (Å²) in [5.41, 5.74) is 9.89. The standard InChI is InChI=1S/C26H33N7O2/c1-17(2)31-22-11-13-32(23-10-9-20(15-29-23)33-12-3-4-24(33)34)16-21(22)25(28)26(35)30-14-18-5-7-19(27)8-6-18/h5-10,15,17,28,31H,3-4,11-14,16,27H2,1-2H3,(H,30,35)/p+1. The van der Waals surface area contributed by atoms with E-state index in [2.05, 4.69) is 34.4 Å². The van der Waals surface area contributed by atoms with Crippen LogP contribution in [0.1, 0.15) is 38.7 Å². The number of amides is 2. The number of anilines is 3. The number of quaternary nitrogens is 1. The summed E-state index contributed by atoms with van der Waals surface area (Å²) in [6.07, 6.45) is 3.93. The number of hydrogen-bond acceptors (Lipinski definition) is 6. The largest absolute Gasteiger partial charge is 0.399 e. The van der Waals surface area contributed by atoms with E-state index in [9.17, 15) is 9.59 Å². The van der Waals surface area contributed by atoms with Gasteiger partial charge in [-0.15, -0.1) is 0 Å². The van der Waals surface area contributed by atoms with Crippen molar-refractivity contribution in [2.24, 2.45) is 0 Å². The molecule has 1 fully saturated rings. The van der Waals surface area contributed by atoms with E-state index in [1.165, 1.54) is 0 Å². The molecule has 2 aliphatic heterocycles. The summed E-state index contributed by atoms with van der Waals surface area (Å²) in [5.74, 6) is 0.510. The van der Waals surface area contributed by atoms with E-state index in [1.807, 2.05) is 24.3 Å². The lowest BCUT2D eigenvalue weighted by Gasteiger charge is -2.31. The van der Waals surface area contributed by atoms with Gasteiger partial charge in [0.2, 0.25) is 5.91 Å². The Morgan fingerprint density at radius 2 is 1.94 bits per heavy atom. The fraction of sp³-hybridized carbons (Fsp3) is 0.385. The maximum Gasteiger partial charge on any atom is 0.270 e. The van der Waals surface area contributed by atoms with Crippen molar-refractivity contribution in [2.75, 3.05) is 35.2 Å². The molecular formula is C26H34N7O2+. The van der Waals surface area contributed by atoms with Gasteiger partial charge in [0, 0.05) is 38.2 Å². The Bertz CT molecular complexity index is 1120. The lowest BCUT2D eigenvalue weighted by Crippen LogP contribution is -2.87. The van der Waals surface area contributed by atoms with Crippen molar-refractivity contribution in [1.82, 2.24) is 10.3 Å². The number of carbonyl (C=O) groups excluding carboxylic acids is 2. The van der Waals surface area contributed by atoms with E-state index in [0.29, 0.717) is 31.2 Å². The topological polar surface area (TPSA) is 132 Å². The molecule has 0 spiro atoms. The summed E-state index contributed by atoms with van der Waals surface area (Å²) >= 11 is 0. The molecular weight excluding hydrogens is 442 g/mol. The molecule has 2 aliphatic rings. The molecule has 9 heteroatoms. The van der Waals surface area contributed by atoms with E-state index in [0.717, 1.165) is 54.3 Å². The summed E-state index contributed by atoms with van der Waals surface area (Å²) in [5, 5.41) is 13.7. The Balaban J connectivity index is 1.47.